The van der Waals surface area contributed by atoms with Gasteiger partial charge in [-0.1, -0.05) is 41.4 Å². The number of hydrogen-bond acceptors (Lipinski definition) is 3. The Morgan fingerprint density at radius 2 is 1.79 bits per heavy atom. The summed E-state index contributed by atoms with van der Waals surface area (Å²) in [6.45, 7) is 0.166. The van der Waals surface area contributed by atoms with Crippen LogP contribution in [0.2, 0.25) is 10.0 Å². The number of methoxy groups -OCH3 is 1. The smallest absolute Gasteiger partial charge is 0.251 e. The maximum absolute atomic E-state index is 12.0. The van der Waals surface area contributed by atoms with Crippen molar-refractivity contribution in [2.24, 2.45) is 0 Å². The molecule has 0 aliphatic carbocycles. The Kier molecular flexibility index (Phi) is 6.46. The first-order valence-corrected chi connectivity index (χ1v) is 7.88. The molecule has 0 unspecified atom stereocenters. The first-order chi connectivity index (χ1) is 11.5. The fourth-order valence-corrected chi connectivity index (χ4v) is 2.30. The van der Waals surface area contributed by atoms with Gasteiger partial charge in [0.05, 0.1) is 23.7 Å². The van der Waals surface area contributed by atoms with Gasteiger partial charge >= 0.3 is 0 Å². The molecule has 0 aliphatic rings. The molecule has 2 aromatic carbocycles. The molecule has 7 heteroatoms. The fourth-order valence-electron chi connectivity index (χ4n) is 2.01. The lowest BCUT2D eigenvalue weighted by molar-refractivity contribution is -0.120. The summed E-state index contributed by atoms with van der Waals surface area (Å²) in [5, 5.41) is 5.89. The number of nitrogens with one attached hydrogen (secondary N) is 2. The molecule has 0 bridgehead atoms. The van der Waals surface area contributed by atoms with E-state index < -0.39 is 5.91 Å². The van der Waals surface area contributed by atoms with Crippen LogP contribution < -0.4 is 15.4 Å². The van der Waals surface area contributed by atoms with E-state index in [1.807, 2.05) is 24.3 Å². The van der Waals surface area contributed by atoms with Gasteiger partial charge in [0.25, 0.3) is 5.91 Å². The van der Waals surface area contributed by atoms with Gasteiger partial charge in [-0.2, -0.15) is 0 Å². The number of amides is 2. The fraction of sp³-hybridized carbons (Fsp3) is 0.176. The van der Waals surface area contributed by atoms with Crippen LogP contribution in [0, 0.1) is 0 Å². The van der Waals surface area contributed by atoms with Crippen LogP contribution >= 0.6 is 23.2 Å². The van der Waals surface area contributed by atoms with E-state index in [-0.39, 0.29) is 17.5 Å². The zero-order valence-corrected chi connectivity index (χ0v) is 14.4. The van der Waals surface area contributed by atoms with Crippen molar-refractivity contribution in [3.63, 3.8) is 0 Å². The van der Waals surface area contributed by atoms with E-state index in [1.165, 1.54) is 18.2 Å². The lowest BCUT2D eigenvalue weighted by Crippen LogP contribution is -2.36. The SMILES string of the molecule is COc1ccccc1CNC(=O)CNC(=O)c1ccc(Cl)c(Cl)c1. The van der Waals surface area contributed by atoms with E-state index in [9.17, 15) is 9.59 Å². The minimum atomic E-state index is -0.402. The number of carbonyl (C=O) groups excluding carboxylic acids is 2. The second-order valence-electron chi connectivity index (χ2n) is 4.90. The molecular formula is C17H16Cl2N2O3. The average Bonchev–Trinajstić information content (AvgIpc) is 2.60. The second kappa shape index (κ2) is 8.57. The van der Waals surface area contributed by atoms with Crippen LogP contribution in [0.25, 0.3) is 0 Å². The van der Waals surface area contributed by atoms with Crippen LogP contribution in [0.4, 0.5) is 0 Å². The molecule has 2 aromatic rings. The monoisotopic (exact) mass is 366 g/mol. The van der Waals surface area contributed by atoms with Gasteiger partial charge in [-0.25, -0.2) is 0 Å². The van der Waals surface area contributed by atoms with Gasteiger partial charge < -0.3 is 15.4 Å². The Labute approximate surface area is 149 Å². The summed E-state index contributed by atoms with van der Waals surface area (Å²) in [7, 11) is 1.57. The third-order valence-corrected chi connectivity index (χ3v) is 4.00. The number of benzene rings is 2. The summed E-state index contributed by atoms with van der Waals surface area (Å²) in [6, 6.07) is 11.9. The maximum atomic E-state index is 12.0. The van der Waals surface area contributed by atoms with Crippen molar-refractivity contribution >= 4 is 35.0 Å². The minimum absolute atomic E-state index is 0.145. The number of ether oxygens (including phenoxy) is 1. The lowest BCUT2D eigenvalue weighted by Gasteiger charge is -2.10. The maximum Gasteiger partial charge on any atom is 0.251 e. The second-order valence-corrected chi connectivity index (χ2v) is 5.71. The van der Waals surface area contributed by atoms with Gasteiger partial charge in [-0.05, 0) is 24.3 Å². The predicted molar refractivity (Wildman–Crippen MR) is 93.6 cm³/mol. The van der Waals surface area contributed by atoms with Gasteiger partial charge in [-0.3, -0.25) is 9.59 Å². The highest BCUT2D eigenvalue weighted by atomic mass is 35.5. The van der Waals surface area contributed by atoms with Crippen LogP contribution in [0.3, 0.4) is 0 Å². The standard InChI is InChI=1S/C17H16Cl2N2O3/c1-24-15-5-3-2-4-12(15)9-20-16(22)10-21-17(23)11-6-7-13(18)14(19)8-11/h2-8H,9-10H2,1H3,(H,20,22)(H,21,23). The third-order valence-electron chi connectivity index (χ3n) is 3.26. The number of rotatable bonds is 6. The molecule has 2 rings (SSSR count). The van der Waals surface area contributed by atoms with Gasteiger partial charge in [0.15, 0.2) is 0 Å². The Morgan fingerprint density at radius 1 is 1.04 bits per heavy atom. The zero-order chi connectivity index (χ0) is 17.5. The van der Waals surface area contributed by atoms with E-state index in [2.05, 4.69) is 10.6 Å². The topological polar surface area (TPSA) is 67.4 Å². The van der Waals surface area contributed by atoms with Crippen LogP contribution in [0.15, 0.2) is 42.5 Å². The van der Waals surface area contributed by atoms with Crippen LogP contribution in [-0.2, 0) is 11.3 Å². The van der Waals surface area contributed by atoms with Gasteiger partial charge in [0.2, 0.25) is 5.91 Å². The lowest BCUT2D eigenvalue weighted by atomic mass is 10.2. The highest BCUT2D eigenvalue weighted by Crippen LogP contribution is 2.22. The molecule has 5 nitrogen and oxygen atoms in total. The highest BCUT2D eigenvalue weighted by molar-refractivity contribution is 6.42. The van der Waals surface area contributed by atoms with Crippen molar-refractivity contribution < 1.29 is 14.3 Å². The summed E-state index contributed by atoms with van der Waals surface area (Å²) in [4.78, 5) is 23.8. The first-order valence-electron chi connectivity index (χ1n) is 7.13. The van der Waals surface area contributed by atoms with E-state index in [0.717, 1.165) is 5.56 Å². The number of hydrogen-bond donors (Lipinski definition) is 2. The molecule has 0 atom stereocenters. The van der Waals surface area contributed by atoms with Crippen molar-refractivity contribution in [2.75, 3.05) is 13.7 Å². The van der Waals surface area contributed by atoms with Gasteiger partial charge in [0, 0.05) is 17.7 Å². The van der Waals surface area contributed by atoms with Crippen LogP contribution in [0.5, 0.6) is 5.75 Å². The molecule has 0 saturated heterocycles. The molecule has 0 spiro atoms. The molecule has 126 valence electrons. The Balaban J connectivity index is 1.84. The minimum Gasteiger partial charge on any atom is -0.496 e. The van der Waals surface area contributed by atoms with Gasteiger partial charge in [0.1, 0.15) is 5.75 Å². The molecule has 24 heavy (non-hydrogen) atoms. The van der Waals surface area contributed by atoms with E-state index in [4.69, 9.17) is 27.9 Å². The molecule has 0 aliphatic heterocycles. The first kappa shape index (κ1) is 18.1. The predicted octanol–water partition coefficient (Wildman–Crippen LogP) is 3.05. The van der Waals surface area contributed by atoms with Crippen molar-refractivity contribution in [2.45, 2.75) is 6.54 Å². The Bertz CT molecular complexity index is 750. The Morgan fingerprint density at radius 3 is 2.50 bits per heavy atom. The molecule has 0 saturated carbocycles. The molecule has 0 fully saturated rings. The molecule has 0 aromatic heterocycles. The largest absolute Gasteiger partial charge is 0.496 e. The zero-order valence-electron chi connectivity index (χ0n) is 12.9. The highest BCUT2D eigenvalue weighted by Gasteiger charge is 2.10. The van der Waals surface area contributed by atoms with Crippen molar-refractivity contribution in [1.82, 2.24) is 10.6 Å². The number of para-hydroxylation sites is 1. The summed E-state index contributed by atoms with van der Waals surface area (Å²) < 4.78 is 5.21. The summed E-state index contributed by atoms with van der Waals surface area (Å²) >= 11 is 11.7. The third kappa shape index (κ3) is 4.88. The van der Waals surface area contributed by atoms with Gasteiger partial charge in [-0.15, -0.1) is 0 Å². The van der Waals surface area contributed by atoms with E-state index in [0.29, 0.717) is 22.9 Å². The molecular weight excluding hydrogens is 351 g/mol. The molecule has 0 heterocycles. The van der Waals surface area contributed by atoms with Crippen molar-refractivity contribution in [3.05, 3.63) is 63.6 Å². The quantitative estimate of drug-likeness (QED) is 0.825. The van der Waals surface area contributed by atoms with E-state index in [1.54, 1.807) is 7.11 Å². The summed E-state index contributed by atoms with van der Waals surface area (Å²) in [6.07, 6.45) is 0. The Hall–Kier alpha value is -2.24. The number of halogens is 2. The molecule has 2 N–H and O–H groups in total. The molecule has 0 radical (unpaired) electrons. The van der Waals surface area contributed by atoms with Crippen molar-refractivity contribution in [1.29, 1.82) is 0 Å². The van der Waals surface area contributed by atoms with Crippen LogP contribution in [0.1, 0.15) is 15.9 Å². The van der Waals surface area contributed by atoms with Crippen LogP contribution in [-0.4, -0.2) is 25.5 Å². The summed E-state index contributed by atoms with van der Waals surface area (Å²) in [5.74, 6) is -0.0204. The van der Waals surface area contributed by atoms with Crippen molar-refractivity contribution in [3.8, 4) is 5.75 Å². The molecule has 2 amide bonds. The normalized spacial score (nSPS) is 10.1. The average molecular weight is 367 g/mol. The number of carbonyl (C=O) groups is 2. The van der Waals surface area contributed by atoms with E-state index >= 15 is 0 Å². The summed E-state index contributed by atoms with van der Waals surface area (Å²) in [5.41, 5.74) is 1.19.